The van der Waals surface area contributed by atoms with E-state index in [-0.39, 0.29) is 16.5 Å². The van der Waals surface area contributed by atoms with Crippen LogP contribution in [0.5, 0.6) is 5.75 Å². The summed E-state index contributed by atoms with van der Waals surface area (Å²) in [6, 6.07) is 9.39. The topological polar surface area (TPSA) is 57.3 Å². The molecule has 0 aliphatic heterocycles. The Morgan fingerprint density at radius 2 is 2.09 bits per heavy atom. The van der Waals surface area contributed by atoms with Gasteiger partial charge in [0.25, 0.3) is 5.89 Å². The van der Waals surface area contributed by atoms with Crippen molar-refractivity contribution in [2.75, 3.05) is 7.11 Å². The number of hydrogen-bond donors (Lipinski definition) is 0. The van der Waals surface area contributed by atoms with Crippen LogP contribution in [0.15, 0.2) is 45.6 Å². The lowest BCUT2D eigenvalue weighted by Gasteiger charge is -2.07. The second-order valence-electron chi connectivity index (χ2n) is 4.86. The van der Waals surface area contributed by atoms with E-state index in [9.17, 15) is 9.18 Å². The summed E-state index contributed by atoms with van der Waals surface area (Å²) < 4.78 is 25.3. The Morgan fingerprint density at radius 3 is 2.78 bits per heavy atom. The molecule has 5 nitrogen and oxygen atoms in total. The van der Waals surface area contributed by atoms with E-state index >= 15 is 0 Å². The van der Waals surface area contributed by atoms with Gasteiger partial charge in [0.05, 0.1) is 17.7 Å². The van der Waals surface area contributed by atoms with Crippen LogP contribution in [0.1, 0.15) is 5.56 Å². The Labute approximate surface area is 135 Å². The van der Waals surface area contributed by atoms with Gasteiger partial charge in [0.1, 0.15) is 17.3 Å². The van der Waals surface area contributed by atoms with Gasteiger partial charge in [-0.3, -0.25) is 0 Å². The summed E-state index contributed by atoms with van der Waals surface area (Å²) in [6.45, 7) is 1.89. The maximum atomic E-state index is 14.0. The van der Waals surface area contributed by atoms with Crippen molar-refractivity contribution in [3.8, 4) is 22.9 Å². The zero-order valence-corrected chi connectivity index (χ0v) is 13.1. The van der Waals surface area contributed by atoms with Gasteiger partial charge in [-0.1, -0.05) is 23.7 Å². The molecule has 23 heavy (non-hydrogen) atoms. The van der Waals surface area contributed by atoms with E-state index in [1.165, 1.54) is 25.3 Å². The number of ether oxygens (including phenoxy) is 1. The lowest BCUT2D eigenvalue weighted by molar-refractivity contribution is 0.409. The van der Waals surface area contributed by atoms with Crippen molar-refractivity contribution in [1.29, 1.82) is 0 Å². The summed E-state index contributed by atoms with van der Waals surface area (Å²) in [5.74, 6) is -1.13. The quantitative estimate of drug-likeness (QED) is 0.734. The smallest absolute Gasteiger partial charge is 0.442 e. The highest BCUT2D eigenvalue weighted by atomic mass is 35.5. The average molecular weight is 335 g/mol. The van der Waals surface area contributed by atoms with Crippen LogP contribution < -0.4 is 10.5 Å². The van der Waals surface area contributed by atoms with Crippen molar-refractivity contribution in [1.82, 2.24) is 9.78 Å². The second kappa shape index (κ2) is 5.89. The van der Waals surface area contributed by atoms with Crippen LogP contribution in [0.25, 0.3) is 17.1 Å². The monoisotopic (exact) mass is 334 g/mol. The molecule has 1 aromatic heterocycles. The van der Waals surface area contributed by atoms with E-state index in [2.05, 4.69) is 5.10 Å². The first kappa shape index (κ1) is 15.3. The van der Waals surface area contributed by atoms with Crippen molar-refractivity contribution in [3.05, 3.63) is 63.4 Å². The first-order valence-corrected chi connectivity index (χ1v) is 7.08. The van der Waals surface area contributed by atoms with Gasteiger partial charge < -0.3 is 9.15 Å². The van der Waals surface area contributed by atoms with Gasteiger partial charge in [0.2, 0.25) is 0 Å². The molecule has 0 unspecified atom stereocenters. The van der Waals surface area contributed by atoms with Gasteiger partial charge >= 0.3 is 5.76 Å². The van der Waals surface area contributed by atoms with Gasteiger partial charge in [0.15, 0.2) is 0 Å². The molecule has 0 atom stereocenters. The fraction of sp³-hybridized carbons (Fsp3) is 0.125. The molecule has 0 saturated carbocycles. The maximum absolute atomic E-state index is 14.0. The molecule has 0 saturated heterocycles. The van der Waals surface area contributed by atoms with E-state index in [0.717, 1.165) is 10.2 Å². The number of nitrogens with zero attached hydrogens (tertiary/aromatic N) is 2. The van der Waals surface area contributed by atoms with Crippen LogP contribution >= 0.6 is 11.6 Å². The third-order valence-corrected chi connectivity index (χ3v) is 3.60. The number of aryl methyl sites for hydroxylation is 1. The Morgan fingerprint density at radius 1 is 1.30 bits per heavy atom. The minimum atomic E-state index is -0.763. The van der Waals surface area contributed by atoms with Crippen LogP contribution in [0.2, 0.25) is 5.02 Å². The SMILES string of the molecule is COc1cc(C)ccc1-n1nc(-c2c(F)cccc2Cl)oc1=O. The molecular formula is C16H12ClFN2O3. The van der Waals surface area contributed by atoms with Crippen molar-refractivity contribution in [2.24, 2.45) is 0 Å². The molecule has 2 aromatic carbocycles. The van der Waals surface area contributed by atoms with Crippen LogP contribution in [-0.2, 0) is 0 Å². The fourth-order valence-electron chi connectivity index (χ4n) is 2.19. The minimum absolute atomic E-state index is 0.0592. The molecule has 3 aromatic rings. The first-order valence-electron chi connectivity index (χ1n) is 6.71. The van der Waals surface area contributed by atoms with Crippen LogP contribution in [-0.4, -0.2) is 16.9 Å². The van der Waals surface area contributed by atoms with Crippen molar-refractivity contribution in [3.63, 3.8) is 0 Å². The highest BCUT2D eigenvalue weighted by Gasteiger charge is 2.19. The molecule has 1 heterocycles. The van der Waals surface area contributed by atoms with Crippen LogP contribution in [0, 0.1) is 12.7 Å². The zero-order chi connectivity index (χ0) is 16.6. The third-order valence-electron chi connectivity index (χ3n) is 3.29. The fourth-order valence-corrected chi connectivity index (χ4v) is 2.44. The number of hydrogen-bond acceptors (Lipinski definition) is 4. The largest absolute Gasteiger partial charge is 0.494 e. The summed E-state index contributed by atoms with van der Waals surface area (Å²) in [7, 11) is 1.48. The third kappa shape index (κ3) is 2.73. The van der Waals surface area contributed by atoms with E-state index in [1.807, 2.05) is 6.92 Å². The summed E-state index contributed by atoms with van der Waals surface area (Å²) in [4.78, 5) is 12.1. The molecule has 0 spiro atoms. The normalized spacial score (nSPS) is 10.8. The van der Waals surface area contributed by atoms with Crippen molar-refractivity contribution >= 4 is 11.6 Å². The maximum Gasteiger partial charge on any atom is 0.442 e. The molecule has 0 radical (unpaired) electrons. The molecule has 0 fully saturated rings. The summed E-state index contributed by atoms with van der Waals surface area (Å²) in [5, 5.41) is 4.15. The highest BCUT2D eigenvalue weighted by molar-refractivity contribution is 6.33. The Kier molecular flexibility index (Phi) is 3.92. The number of methoxy groups -OCH3 is 1. The number of aromatic nitrogens is 2. The van der Waals surface area contributed by atoms with Crippen LogP contribution in [0.3, 0.4) is 0 Å². The lowest BCUT2D eigenvalue weighted by atomic mass is 10.2. The van der Waals surface area contributed by atoms with Gasteiger partial charge in [-0.15, -0.1) is 5.10 Å². The Balaban J connectivity index is 2.18. The van der Waals surface area contributed by atoms with Gasteiger partial charge in [-0.05, 0) is 36.8 Å². The molecule has 0 N–H and O–H groups in total. The molecule has 7 heteroatoms. The minimum Gasteiger partial charge on any atom is -0.494 e. The van der Waals surface area contributed by atoms with E-state index < -0.39 is 11.6 Å². The molecule has 0 aliphatic rings. The summed E-state index contributed by atoms with van der Waals surface area (Å²) in [5.41, 5.74) is 1.29. The number of rotatable bonds is 3. The van der Waals surface area contributed by atoms with Crippen molar-refractivity contribution < 1.29 is 13.5 Å². The predicted molar refractivity (Wildman–Crippen MR) is 83.8 cm³/mol. The molecule has 118 valence electrons. The molecule has 0 aliphatic carbocycles. The van der Waals surface area contributed by atoms with Crippen LogP contribution in [0.4, 0.5) is 4.39 Å². The van der Waals surface area contributed by atoms with Gasteiger partial charge in [-0.25, -0.2) is 9.18 Å². The van der Waals surface area contributed by atoms with E-state index in [0.29, 0.717) is 11.4 Å². The molecule has 0 amide bonds. The van der Waals surface area contributed by atoms with Gasteiger partial charge in [-0.2, -0.15) is 4.68 Å². The Hall–Kier alpha value is -2.60. The first-order chi connectivity index (χ1) is 11.0. The predicted octanol–water partition coefficient (Wildman–Crippen LogP) is 3.60. The number of halogens is 2. The summed E-state index contributed by atoms with van der Waals surface area (Å²) >= 11 is 5.97. The summed E-state index contributed by atoms with van der Waals surface area (Å²) in [6.07, 6.45) is 0. The lowest BCUT2D eigenvalue weighted by Crippen LogP contribution is -2.14. The second-order valence-corrected chi connectivity index (χ2v) is 5.26. The van der Waals surface area contributed by atoms with E-state index in [4.69, 9.17) is 20.8 Å². The Bertz CT molecular complexity index is 913. The molecule has 0 bridgehead atoms. The number of benzene rings is 2. The molecular weight excluding hydrogens is 323 g/mol. The van der Waals surface area contributed by atoms with E-state index in [1.54, 1.807) is 18.2 Å². The zero-order valence-electron chi connectivity index (χ0n) is 12.3. The average Bonchev–Trinajstić information content (AvgIpc) is 2.88. The standard InChI is InChI=1S/C16H12ClFN2O3/c1-9-6-7-12(13(8-9)22-2)20-16(21)23-15(19-20)14-10(17)4-3-5-11(14)18/h3-8H,1-2H3. The van der Waals surface area contributed by atoms with Crippen molar-refractivity contribution in [2.45, 2.75) is 6.92 Å². The molecule has 3 rings (SSSR count). The van der Waals surface area contributed by atoms with Gasteiger partial charge in [0, 0.05) is 0 Å². The highest BCUT2D eigenvalue weighted by Crippen LogP contribution is 2.29.